The molecule has 0 aromatic heterocycles. The van der Waals surface area contributed by atoms with Crippen LogP contribution in [0.5, 0.6) is 0 Å². The molecule has 0 spiro atoms. The van der Waals surface area contributed by atoms with E-state index >= 15 is 0 Å². The summed E-state index contributed by atoms with van der Waals surface area (Å²) in [5.74, 6) is -0.298. The molecule has 8 heteroatoms. The molecule has 3 rings (SSSR count). The average molecular weight is 491 g/mol. The van der Waals surface area contributed by atoms with E-state index in [1.807, 2.05) is 31.2 Å². The van der Waals surface area contributed by atoms with E-state index in [9.17, 15) is 13.2 Å². The van der Waals surface area contributed by atoms with Crippen LogP contribution in [-0.2, 0) is 21.2 Å². The predicted molar refractivity (Wildman–Crippen MR) is 122 cm³/mol. The van der Waals surface area contributed by atoms with E-state index in [1.54, 1.807) is 24.3 Å². The zero-order valence-corrected chi connectivity index (χ0v) is 18.9. The first-order valence-electron chi connectivity index (χ1n) is 8.86. The van der Waals surface area contributed by atoms with Crippen molar-refractivity contribution in [2.45, 2.75) is 18.2 Å². The largest absolute Gasteiger partial charge is 0.284 e. The van der Waals surface area contributed by atoms with Crippen molar-refractivity contribution in [2.24, 2.45) is 4.40 Å². The first-order valence-corrected chi connectivity index (χ1v) is 11.9. The number of hydrogen-bond acceptors (Lipinski definition) is 4. The molecule has 5 nitrogen and oxygen atoms in total. The van der Waals surface area contributed by atoms with Crippen LogP contribution in [0.4, 0.5) is 0 Å². The predicted octanol–water partition coefficient (Wildman–Crippen LogP) is 4.86. The lowest BCUT2D eigenvalue weighted by molar-refractivity contribution is -0.121. The molecule has 1 saturated heterocycles. The number of thioether (sulfide) groups is 1. The number of halogens is 1. The molecule has 0 unspecified atom stereocenters. The smallest absolute Gasteiger partial charge is 0.282 e. The Bertz CT molecular complexity index is 1090. The summed E-state index contributed by atoms with van der Waals surface area (Å²) < 4.78 is 30.4. The molecule has 0 radical (unpaired) electrons. The van der Waals surface area contributed by atoms with Crippen molar-refractivity contribution in [1.82, 2.24) is 4.90 Å². The quantitative estimate of drug-likeness (QED) is 0.428. The Hall–Kier alpha value is -2.16. The van der Waals surface area contributed by atoms with Crippen molar-refractivity contribution in [3.05, 3.63) is 81.7 Å². The van der Waals surface area contributed by atoms with Gasteiger partial charge >= 0.3 is 0 Å². The Morgan fingerprint density at radius 2 is 1.79 bits per heavy atom. The molecule has 0 N–H and O–H groups in total. The maximum absolute atomic E-state index is 12.8. The zero-order chi connectivity index (χ0) is 21.0. The highest BCUT2D eigenvalue weighted by molar-refractivity contribution is 9.10. The van der Waals surface area contributed by atoms with Crippen LogP contribution in [-0.4, -0.2) is 30.9 Å². The van der Waals surface area contributed by atoms with Crippen molar-refractivity contribution < 1.29 is 13.2 Å². The first kappa shape index (κ1) is 21.5. The van der Waals surface area contributed by atoms with E-state index in [0.717, 1.165) is 33.8 Å². The summed E-state index contributed by atoms with van der Waals surface area (Å²) in [4.78, 5) is 14.6. The van der Waals surface area contributed by atoms with Crippen molar-refractivity contribution in [3.63, 3.8) is 0 Å². The van der Waals surface area contributed by atoms with Gasteiger partial charge in [-0.3, -0.25) is 9.69 Å². The van der Waals surface area contributed by atoms with Gasteiger partial charge in [-0.15, -0.1) is 11.0 Å². The van der Waals surface area contributed by atoms with Gasteiger partial charge in [-0.25, -0.2) is 0 Å². The molecule has 0 saturated carbocycles. The average Bonchev–Trinajstić information content (AvgIpc) is 2.98. The number of rotatable bonds is 6. The monoisotopic (exact) mass is 490 g/mol. The van der Waals surface area contributed by atoms with Crippen LogP contribution < -0.4 is 0 Å². The van der Waals surface area contributed by atoms with Crippen LogP contribution in [0.2, 0.25) is 0 Å². The minimum absolute atomic E-state index is 0.0964. The van der Waals surface area contributed by atoms with Crippen molar-refractivity contribution in [2.75, 3.05) is 6.54 Å². The third-order valence-corrected chi connectivity index (χ3v) is 7.13. The van der Waals surface area contributed by atoms with Crippen LogP contribution in [0.1, 0.15) is 18.1 Å². The molecule has 1 aliphatic heterocycles. The number of aryl methyl sites for hydroxylation is 1. The number of carbonyl (C=O) groups excluding carboxylic acids is 1. The van der Waals surface area contributed by atoms with Crippen LogP contribution in [0.3, 0.4) is 0 Å². The van der Waals surface area contributed by atoms with Gasteiger partial charge in [0.05, 0.1) is 9.80 Å². The van der Waals surface area contributed by atoms with Crippen molar-refractivity contribution in [3.8, 4) is 0 Å². The van der Waals surface area contributed by atoms with Crippen LogP contribution >= 0.6 is 27.7 Å². The summed E-state index contributed by atoms with van der Waals surface area (Å²) in [5.41, 5.74) is 1.87. The number of amidine groups is 1. The molecular formula is C21H19BrN2O3S2. The number of hydrogen-bond donors (Lipinski definition) is 0. The van der Waals surface area contributed by atoms with E-state index in [2.05, 4.69) is 26.9 Å². The van der Waals surface area contributed by atoms with Gasteiger partial charge in [-0.1, -0.05) is 53.2 Å². The maximum atomic E-state index is 12.8. The maximum Gasteiger partial charge on any atom is 0.284 e. The van der Waals surface area contributed by atoms with Crippen LogP contribution in [0.25, 0.3) is 6.08 Å². The minimum Gasteiger partial charge on any atom is -0.282 e. The number of amides is 1. The van der Waals surface area contributed by atoms with Crippen LogP contribution in [0.15, 0.2) is 79.9 Å². The normalized spacial score (nSPS) is 17.3. The van der Waals surface area contributed by atoms with E-state index in [4.69, 9.17) is 0 Å². The van der Waals surface area contributed by atoms with Crippen molar-refractivity contribution in [1.29, 1.82) is 0 Å². The summed E-state index contributed by atoms with van der Waals surface area (Å²) in [6, 6.07) is 14.1. The summed E-state index contributed by atoms with van der Waals surface area (Å²) in [7, 11) is -3.94. The molecule has 150 valence electrons. The van der Waals surface area contributed by atoms with E-state index in [1.165, 1.54) is 17.0 Å². The highest BCUT2D eigenvalue weighted by Crippen LogP contribution is 2.33. The molecule has 0 bridgehead atoms. The molecule has 0 aliphatic carbocycles. The van der Waals surface area contributed by atoms with Gasteiger partial charge in [0, 0.05) is 11.0 Å². The van der Waals surface area contributed by atoms with Gasteiger partial charge in [0.1, 0.15) is 0 Å². The fraction of sp³-hybridized carbons (Fsp3) is 0.143. The standard InChI is InChI=1S/C21H19BrN2O3S2/c1-3-13-24-20(25)19(14-16-5-9-17(22)10-6-16)28-21(24)23-29(26,27)18-11-7-15(4-2)8-12-18/h3,5-12,14H,1,4,13H2,2H3/b19-14-,23-21?. The van der Waals surface area contributed by atoms with Gasteiger partial charge < -0.3 is 0 Å². The SMILES string of the molecule is C=CCN1C(=O)/C(=C/c2ccc(Br)cc2)SC1=NS(=O)(=O)c1ccc(CC)cc1. The highest BCUT2D eigenvalue weighted by Gasteiger charge is 2.34. The lowest BCUT2D eigenvalue weighted by Gasteiger charge is -2.12. The summed E-state index contributed by atoms with van der Waals surface area (Å²) in [6.45, 7) is 5.82. The lowest BCUT2D eigenvalue weighted by atomic mass is 10.2. The highest BCUT2D eigenvalue weighted by atomic mass is 79.9. The van der Waals surface area contributed by atoms with E-state index < -0.39 is 10.0 Å². The topological polar surface area (TPSA) is 66.8 Å². The van der Waals surface area contributed by atoms with Crippen molar-refractivity contribution >= 4 is 54.9 Å². The Balaban J connectivity index is 1.96. The van der Waals surface area contributed by atoms with Crippen LogP contribution in [0, 0.1) is 0 Å². The van der Waals surface area contributed by atoms with Gasteiger partial charge in [-0.2, -0.15) is 8.42 Å². The fourth-order valence-corrected chi connectivity index (χ4v) is 5.08. The summed E-state index contributed by atoms with van der Waals surface area (Å²) >= 11 is 4.42. The molecule has 29 heavy (non-hydrogen) atoms. The third kappa shape index (κ3) is 5.07. The van der Waals surface area contributed by atoms with Gasteiger partial charge in [0.15, 0.2) is 5.17 Å². The molecule has 1 aliphatic rings. The van der Waals surface area contributed by atoms with E-state index in [-0.39, 0.29) is 22.5 Å². The van der Waals surface area contributed by atoms with Gasteiger partial charge in [0.25, 0.3) is 15.9 Å². The second kappa shape index (κ2) is 9.11. The third-order valence-electron chi connectivity index (χ3n) is 4.20. The van der Waals surface area contributed by atoms with Gasteiger partial charge in [0.2, 0.25) is 0 Å². The number of sulfonamides is 1. The molecule has 2 aromatic carbocycles. The number of carbonyl (C=O) groups is 1. The number of benzene rings is 2. The van der Waals surface area contributed by atoms with Gasteiger partial charge in [-0.05, 0) is 59.7 Å². The Morgan fingerprint density at radius 3 is 2.38 bits per heavy atom. The first-order chi connectivity index (χ1) is 13.8. The zero-order valence-electron chi connectivity index (χ0n) is 15.7. The summed E-state index contributed by atoms with van der Waals surface area (Å²) in [5, 5.41) is 0.123. The molecule has 0 atom stereocenters. The molecular weight excluding hydrogens is 472 g/mol. The minimum atomic E-state index is -3.94. The Morgan fingerprint density at radius 1 is 1.14 bits per heavy atom. The Labute approximate surface area is 183 Å². The second-order valence-electron chi connectivity index (χ2n) is 6.21. The lowest BCUT2D eigenvalue weighted by Crippen LogP contribution is -2.29. The molecule has 1 fully saturated rings. The fourth-order valence-electron chi connectivity index (χ4n) is 2.63. The summed E-state index contributed by atoms with van der Waals surface area (Å²) in [6.07, 6.45) is 4.08. The molecule has 1 heterocycles. The second-order valence-corrected chi connectivity index (χ2v) is 9.74. The molecule has 1 amide bonds. The Kier molecular flexibility index (Phi) is 6.77. The van der Waals surface area contributed by atoms with E-state index in [0.29, 0.717) is 4.91 Å². The molecule has 2 aromatic rings. The number of nitrogens with zero attached hydrogens (tertiary/aromatic N) is 2.